The van der Waals surface area contributed by atoms with Gasteiger partial charge in [0.2, 0.25) is 5.91 Å². The van der Waals surface area contributed by atoms with Crippen molar-refractivity contribution in [3.63, 3.8) is 0 Å². The third kappa shape index (κ3) is 9.40. The number of rotatable bonds is 6. The monoisotopic (exact) mass is 763 g/mol. The first-order valence-corrected chi connectivity index (χ1v) is 16.9. The van der Waals surface area contributed by atoms with E-state index in [2.05, 4.69) is 5.32 Å². The number of aliphatic carboxylic acids is 1. The van der Waals surface area contributed by atoms with Crippen LogP contribution in [0.5, 0.6) is 0 Å². The number of amides is 1. The largest absolute Gasteiger partial charge is 0.481 e. The summed E-state index contributed by atoms with van der Waals surface area (Å²) in [5.41, 5.74) is -6.93. The summed E-state index contributed by atoms with van der Waals surface area (Å²) in [6.45, 7) is -0.00734. The molecule has 0 aliphatic carbocycles. The summed E-state index contributed by atoms with van der Waals surface area (Å²) in [6.07, 6.45) is -10.5. The molecule has 1 aromatic heterocycles. The summed E-state index contributed by atoms with van der Waals surface area (Å²) in [4.78, 5) is 40.8. The molecule has 1 fully saturated rings. The molecule has 288 valence electrons. The van der Waals surface area contributed by atoms with E-state index < -0.39 is 105 Å². The predicted molar refractivity (Wildman–Crippen MR) is 171 cm³/mol. The van der Waals surface area contributed by atoms with Crippen LogP contribution in [0.15, 0.2) is 41.3 Å². The third-order valence-corrected chi connectivity index (χ3v) is 9.54. The number of benzene rings is 2. The zero-order chi connectivity index (χ0) is 38.8. The fraction of sp³-hybridized carbons (Fsp3) is 0.472. The molecule has 0 spiro atoms. The SMILES string of the molecule is O=C(O)C[C@@H]1NC(=O)[C@@H](n2cc(CCN3CC(F)C3)c(C(F)(F)F)cc2=O)CCCCCCCc2cc(F)cc(F)c2-c2cc1c(F)c(C(F)(F)F)c2. The minimum atomic E-state index is -5.40. The second-order valence-electron chi connectivity index (χ2n) is 13.4. The number of alkyl halides is 7. The van der Waals surface area contributed by atoms with Gasteiger partial charge in [-0.05, 0) is 60.6 Å². The average Bonchev–Trinajstić information content (AvgIpc) is 3.02. The molecule has 17 heteroatoms. The van der Waals surface area contributed by atoms with Gasteiger partial charge in [-0.15, -0.1) is 0 Å². The van der Waals surface area contributed by atoms with Gasteiger partial charge in [0, 0.05) is 49.1 Å². The van der Waals surface area contributed by atoms with Crippen LogP contribution >= 0.6 is 0 Å². The Bertz CT molecular complexity index is 1900. The van der Waals surface area contributed by atoms with Crippen LogP contribution in [-0.2, 0) is 34.8 Å². The van der Waals surface area contributed by atoms with Gasteiger partial charge in [-0.2, -0.15) is 26.3 Å². The van der Waals surface area contributed by atoms with E-state index in [1.54, 1.807) is 4.90 Å². The zero-order valence-electron chi connectivity index (χ0n) is 28.0. The van der Waals surface area contributed by atoms with Crippen LogP contribution < -0.4 is 10.9 Å². The molecule has 0 saturated carbocycles. The number of fused-ring (bicyclic) bond motifs is 4. The number of carbonyl (C=O) groups is 2. The van der Waals surface area contributed by atoms with Crippen LogP contribution in [0.3, 0.4) is 0 Å². The Hall–Kier alpha value is -4.41. The molecule has 3 aromatic rings. The van der Waals surface area contributed by atoms with Crippen LogP contribution in [-0.4, -0.2) is 52.3 Å². The molecule has 2 N–H and O–H groups in total. The Morgan fingerprint density at radius 1 is 0.868 bits per heavy atom. The number of likely N-dealkylation sites (tertiary alicyclic amines) is 1. The first-order valence-electron chi connectivity index (χ1n) is 16.9. The topological polar surface area (TPSA) is 91.6 Å². The quantitative estimate of drug-likeness (QED) is 0.249. The summed E-state index contributed by atoms with van der Waals surface area (Å²) in [5, 5.41) is 11.9. The Balaban J connectivity index is 1.64. The summed E-state index contributed by atoms with van der Waals surface area (Å²) < 4.78 is 145. The number of hydrogen-bond acceptors (Lipinski definition) is 4. The van der Waals surface area contributed by atoms with E-state index in [1.165, 1.54) is 0 Å². The van der Waals surface area contributed by atoms with E-state index in [1.807, 2.05) is 0 Å². The van der Waals surface area contributed by atoms with Gasteiger partial charge in [0.05, 0.1) is 23.6 Å². The second-order valence-corrected chi connectivity index (χ2v) is 13.4. The van der Waals surface area contributed by atoms with Crippen molar-refractivity contribution in [3.8, 4) is 11.1 Å². The van der Waals surface area contributed by atoms with Crippen LogP contribution in [0, 0.1) is 17.5 Å². The maximum atomic E-state index is 15.8. The van der Waals surface area contributed by atoms with Gasteiger partial charge in [-0.25, -0.2) is 17.6 Å². The van der Waals surface area contributed by atoms with Crippen molar-refractivity contribution in [1.82, 2.24) is 14.8 Å². The lowest BCUT2D eigenvalue weighted by atomic mass is 9.89. The van der Waals surface area contributed by atoms with E-state index in [0.29, 0.717) is 43.9 Å². The lowest BCUT2D eigenvalue weighted by molar-refractivity contribution is -0.140. The van der Waals surface area contributed by atoms with Crippen molar-refractivity contribution < 1.29 is 58.6 Å². The molecule has 53 heavy (non-hydrogen) atoms. The number of carboxylic acids is 1. The van der Waals surface area contributed by atoms with Crippen molar-refractivity contribution in [2.75, 3.05) is 19.6 Å². The number of nitrogens with zero attached hydrogens (tertiary/aromatic N) is 2. The molecule has 1 amide bonds. The fourth-order valence-electron chi connectivity index (χ4n) is 6.93. The number of carbonyl (C=O) groups excluding carboxylic acids is 1. The van der Waals surface area contributed by atoms with Crippen molar-refractivity contribution in [3.05, 3.63) is 92.2 Å². The van der Waals surface area contributed by atoms with Gasteiger partial charge in [0.15, 0.2) is 0 Å². The Labute approximate surface area is 296 Å². The summed E-state index contributed by atoms with van der Waals surface area (Å²) in [6, 6.07) is -0.962. The second kappa shape index (κ2) is 15.9. The molecule has 2 aliphatic rings. The molecule has 2 atom stereocenters. The highest BCUT2D eigenvalue weighted by Crippen LogP contribution is 2.41. The highest BCUT2D eigenvalue weighted by molar-refractivity contribution is 5.82. The summed E-state index contributed by atoms with van der Waals surface area (Å²) in [5.74, 6) is -7.16. The summed E-state index contributed by atoms with van der Waals surface area (Å²) >= 11 is 0. The molecule has 2 aliphatic heterocycles. The fourth-order valence-corrected chi connectivity index (χ4v) is 6.93. The van der Waals surface area contributed by atoms with Crippen LogP contribution in [0.2, 0.25) is 0 Å². The average molecular weight is 764 g/mol. The molecule has 3 heterocycles. The van der Waals surface area contributed by atoms with Gasteiger partial charge in [-0.1, -0.05) is 25.7 Å². The molecular weight excluding hydrogens is 728 g/mol. The maximum absolute atomic E-state index is 15.8. The van der Waals surface area contributed by atoms with E-state index in [0.717, 1.165) is 22.9 Å². The molecule has 0 radical (unpaired) electrons. The van der Waals surface area contributed by atoms with Crippen LogP contribution in [0.1, 0.15) is 84.8 Å². The van der Waals surface area contributed by atoms with Crippen molar-refractivity contribution in [2.45, 2.75) is 88.4 Å². The first kappa shape index (κ1) is 39.8. The molecule has 0 unspecified atom stereocenters. The number of pyridine rings is 1. The van der Waals surface area contributed by atoms with Crippen molar-refractivity contribution in [2.24, 2.45) is 0 Å². The normalized spacial score (nSPS) is 19.7. The van der Waals surface area contributed by atoms with E-state index in [-0.39, 0.29) is 50.9 Å². The number of aryl methyl sites for hydroxylation is 1. The molecule has 2 aromatic carbocycles. The standard InChI is InChI=1S/C36H35F10N3O4/c37-22-10-19-6-4-2-1-3-5-7-29(49-16-20(8-9-48-17-23(38)18-48)25(14-30(49)50)35(41,42)43)34(53)47-28(15-31(51)52)24-11-21(32(19)27(39)13-22)12-26(33(24)40)36(44,45)46/h10-14,16,23,28-29H,1-9,15,17-18H2,(H,47,53)(H,51,52)/t28-,29-/m0/s1. The Morgan fingerprint density at radius 3 is 2.17 bits per heavy atom. The van der Waals surface area contributed by atoms with Gasteiger partial charge >= 0.3 is 18.3 Å². The number of carboxylic acid groups (broad SMARTS) is 1. The van der Waals surface area contributed by atoms with Crippen molar-refractivity contribution >= 4 is 11.9 Å². The molecule has 1 saturated heterocycles. The lowest BCUT2D eigenvalue weighted by Gasteiger charge is -2.34. The smallest absolute Gasteiger partial charge is 0.419 e. The predicted octanol–water partition coefficient (Wildman–Crippen LogP) is 7.94. The molecule has 7 nitrogen and oxygen atoms in total. The third-order valence-electron chi connectivity index (χ3n) is 9.54. The van der Waals surface area contributed by atoms with Gasteiger partial charge in [0.25, 0.3) is 5.56 Å². The Kier molecular flexibility index (Phi) is 11.9. The number of nitrogens with one attached hydrogen (secondary N) is 1. The van der Waals surface area contributed by atoms with Gasteiger partial charge in [-0.3, -0.25) is 19.3 Å². The van der Waals surface area contributed by atoms with E-state index in [9.17, 15) is 54.6 Å². The van der Waals surface area contributed by atoms with Gasteiger partial charge in [0.1, 0.15) is 29.7 Å². The highest BCUT2D eigenvalue weighted by Gasteiger charge is 2.39. The molecule has 5 rings (SSSR count). The van der Waals surface area contributed by atoms with Crippen molar-refractivity contribution in [1.29, 1.82) is 0 Å². The summed E-state index contributed by atoms with van der Waals surface area (Å²) in [7, 11) is 0. The van der Waals surface area contributed by atoms with E-state index in [4.69, 9.17) is 0 Å². The Morgan fingerprint density at radius 2 is 1.53 bits per heavy atom. The highest BCUT2D eigenvalue weighted by atomic mass is 19.4. The molecular formula is C36H35F10N3O4. The lowest BCUT2D eigenvalue weighted by Crippen LogP contribution is -2.49. The van der Waals surface area contributed by atoms with Crippen LogP contribution in [0.4, 0.5) is 43.9 Å². The van der Waals surface area contributed by atoms with Crippen LogP contribution in [0.25, 0.3) is 11.1 Å². The number of halogens is 10. The van der Waals surface area contributed by atoms with E-state index >= 15 is 8.78 Å². The number of hydrogen-bond donors (Lipinski definition) is 2. The zero-order valence-corrected chi connectivity index (χ0v) is 28.0. The van der Waals surface area contributed by atoms with Gasteiger partial charge < -0.3 is 15.0 Å². The number of aromatic nitrogens is 1. The maximum Gasteiger partial charge on any atom is 0.419 e. The minimum absolute atomic E-state index is 0.0000858. The molecule has 2 bridgehead atoms. The minimum Gasteiger partial charge on any atom is -0.481 e. The first-order chi connectivity index (χ1) is 24.8.